The fourth-order valence-electron chi connectivity index (χ4n) is 2.83. The molecule has 0 amide bonds. The van der Waals surface area contributed by atoms with Crippen molar-refractivity contribution in [2.45, 2.75) is 19.2 Å². The fourth-order valence-corrected chi connectivity index (χ4v) is 2.83. The number of aliphatic hydroxyl groups is 1. The van der Waals surface area contributed by atoms with E-state index in [2.05, 4.69) is 15.3 Å². The summed E-state index contributed by atoms with van der Waals surface area (Å²) in [4.78, 5) is 4.04. The number of aromatic nitrogens is 3. The van der Waals surface area contributed by atoms with Crippen molar-refractivity contribution in [3.8, 4) is 34.3 Å². The Morgan fingerprint density at radius 1 is 0.897 bits per heavy atom. The highest BCUT2D eigenvalue weighted by Crippen LogP contribution is 2.43. The van der Waals surface area contributed by atoms with Gasteiger partial charge in [-0.3, -0.25) is 0 Å². The van der Waals surface area contributed by atoms with Crippen molar-refractivity contribution in [1.29, 1.82) is 0 Å². The van der Waals surface area contributed by atoms with E-state index in [0.717, 1.165) is 0 Å². The van der Waals surface area contributed by atoms with Gasteiger partial charge in [-0.1, -0.05) is 64.9 Å². The van der Waals surface area contributed by atoms with Gasteiger partial charge in [0.1, 0.15) is 5.56 Å². The molecule has 148 valence electrons. The van der Waals surface area contributed by atoms with Gasteiger partial charge in [-0.05, 0) is 12.5 Å². The molecule has 0 aliphatic carbocycles. The van der Waals surface area contributed by atoms with Gasteiger partial charge >= 0.3 is 6.18 Å². The highest BCUT2D eigenvalue weighted by molar-refractivity contribution is 5.70. The summed E-state index contributed by atoms with van der Waals surface area (Å²) in [6, 6.07) is 14.5. The van der Waals surface area contributed by atoms with Gasteiger partial charge in [-0.25, -0.2) is 0 Å². The molecule has 2 aromatic heterocycles. The van der Waals surface area contributed by atoms with Crippen molar-refractivity contribution in [1.82, 2.24) is 15.3 Å². The number of benzene rings is 2. The van der Waals surface area contributed by atoms with Gasteiger partial charge in [0.25, 0.3) is 5.89 Å². The zero-order chi connectivity index (χ0) is 20.6. The Bertz CT molecular complexity index is 1120. The first-order valence-corrected chi connectivity index (χ1v) is 8.59. The fraction of sp³-hybridized carbons (Fsp3) is 0.150. The normalized spacial score (nSPS) is 12.9. The summed E-state index contributed by atoms with van der Waals surface area (Å²) in [5, 5.41) is 16.9. The van der Waals surface area contributed by atoms with Crippen molar-refractivity contribution in [3.05, 3.63) is 65.7 Å². The molecule has 0 aliphatic rings. The standard InChI is InChI=1S/C20H14F3N3O3/c1-11(27)12-7-9-14(10-8-12)18-24-19(29-26-18)16-15(20(21,22)23)17(28-25-16)13-5-3-2-4-6-13/h2-11,27H,1H3. The van der Waals surface area contributed by atoms with Crippen LogP contribution in [0.1, 0.15) is 24.2 Å². The molecule has 4 aromatic rings. The maximum atomic E-state index is 13.7. The minimum absolute atomic E-state index is 0.0922. The summed E-state index contributed by atoms with van der Waals surface area (Å²) < 4.78 is 51.3. The first-order valence-electron chi connectivity index (χ1n) is 8.59. The molecule has 1 unspecified atom stereocenters. The molecule has 0 saturated carbocycles. The van der Waals surface area contributed by atoms with Crippen LogP contribution < -0.4 is 0 Å². The van der Waals surface area contributed by atoms with Gasteiger partial charge in [-0.15, -0.1) is 0 Å². The van der Waals surface area contributed by atoms with Gasteiger partial charge in [0, 0.05) is 11.1 Å². The molecule has 29 heavy (non-hydrogen) atoms. The number of alkyl halides is 3. The summed E-state index contributed by atoms with van der Waals surface area (Å²) >= 11 is 0. The van der Waals surface area contributed by atoms with Crippen molar-refractivity contribution < 1.29 is 27.3 Å². The smallest absolute Gasteiger partial charge is 0.389 e. The highest BCUT2D eigenvalue weighted by atomic mass is 19.4. The lowest BCUT2D eigenvalue weighted by Gasteiger charge is -2.06. The molecule has 0 radical (unpaired) electrons. The highest BCUT2D eigenvalue weighted by Gasteiger charge is 2.42. The lowest BCUT2D eigenvalue weighted by molar-refractivity contribution is -0.136. The Balaban J connectivity index is 1.75. The van der Waals surface area contributed by atoms with Crippen molar-refractivity contribution in [2.24, 2.45) is 0 Å². The molecule has 0 bridgehead atoms. The van der Waals surface area contributed by atoms with Crippen LogP contribution in [0.5, 0.6) is 0 Å². The Kier molecular flexibility index (Phi) is 4.67. The van der Waals surface area contributed by atoms with Crippen LogP contribution in [-0.4, -0.2) is 20.4 Å². The second kappa shape index (κ2) is 7.17. The Morgan fingerprint density at radius 3 is 2.21 bits per heavy atom. The predicted octanol–water partition coefficient (Wildman–Crippen LogP) is 5.13. The van der Waals surface area contributed by atoms with E-state index in [1.807, 2.05) is 0 Å². The van der Waals surface area contributed by atoms with Crippen LogP contribution in [0.2, 0.25) is 0 Å². The van der Waals surface area contributed by atoms with Crippen molar-refractivity contribution in [2.75, 3.05) is 0 Å². The SMILES string of the molecule is CC(O)c1ccc(-c2noc(-c3noc(-c4ccccc4)c3C(F)(F)F)n2)cc1. The van der Waals surface area contributed by atoms with Crippen LogP contribution in [0.25, 0.3) is 34.3 Å². The van der Waals surface area contributed by atoms with E-state index in [9.17, 15) is 18.3 Å². The van der Waals surface area contributed by atoms with Crippen LogP contribution in [0.4, 0.5) is 13.2 Å². The topological polar surface area (TPSA) is 85.2 Å². The summed E-state index contributed by atoms with van der Waals surface area (Å²) in [6.45, 7) is 1.62. The molecule has 0 saturated heterocycles. The van der Waals surface area contributed by atoms with Gasteiger partial charge in [-0.2, -0.15) is 18.2 Å². The molecular weight excluding hydrogens is 387 g/mol. The number of hydrogen-bond donors (Lipinski definition) is 1. The van der Waals surface area contributed by atoms with Gasteiger partial charge < -0.3 is 14.2 Å². The Morgan fingerprint density at radius 2 is 1.59 bits per heavy atom. The molecule has 0 aliphatic heterocycles. The van der Waals surface area contributed by atoms with Crippen LogP contribution >= 0.6 is 0 Å². The monoisotopic (exact) mass is 401 g/mol. The Hall–Kier alpha value is -3.46. The number of nitrogens with zero attached hydrogens (tertiary/aromatic N) is 3. The third kappa shape index (κ3) is 3.64. The van der Waals surface area contributed by atoms with Crippen molar-refractivity contribution in [3.63, 3.8) is 0 Å². The maximum absolute atomic E-state index is 13.7. The first-order chi connectivity index (χ1) is 13.8. The maximum Gasteiger partial charge on any atom is 0.422 e. The number of aliphatic hydroxyl groups excluding tert-OH is 1. The van der Waals surface area contributed by atoms with E-state index >= 15 is 0 Å². The third-order valence-electron chi connectivity index (χ3n) is 4.29. The third-order valence-corrected chi connectivity index (χ3v) is 4.29. The van der Waals surface area contributed by atoms with E-state index < -0.39 is 35.2 Å². The molecule has 2 heterocycles. The zero-order valence-corrected chi connectivity index (χ0v) is 15.0. The summed E-state index contributed by atoms with van der Waals surface area (Å²) in [5.41, 5.74) is -0.225. The van der Waals surface area contributed by atoms with Crippen LogP contribution in [-0.2, 0) is 6.18 Å². The molecule has 9 heteroatoms. The minimum atomic E-state index is -4.74. The van der Waals surface area contributed by atoms with Crippen LogP contribution in [0, 0.1) is 0 Å². The van der Waals surface area contributed by atoms with Gasteiger partial charge in [0.05, 0.1) is 6.10 Å². The summed E-state index contributed by atoms with van der Waals surface area (Å²) in [5.74, 6) is -0.735. The molecule has 2 aromatic carbocycles. The number of rotatable bonds is 4. The molecule has 0 fully saturated rings. The van der Waals surface area contributed by atoms with Crippen LogP contribution in [0.15, 0.2) is 63.6 Å². The Labute approximate surface area is 162 Å². The summed E-state index contributed by atoms with van der Waals surface area (Å²) in [7, 11) is 0. The van der Waals surface area contributed by atoms with E-state index in [0.29, 0.717) is 11.1 Å². The molecule has 1 atom stereocenters. The average Bonchev–Trinajstić information content (AvgIpc) is 3.35. The molecule has 0 spiro atoms. The lowest BCUT2D eigenvalue weighted by atomic mass is 10.1. The average molecular weight is 401 g/mol. The minimum Gasteiger partial charge on any atom is -0.389 e. The van der Waals surface area contributed by atoms with E-state index in [4.69, 9.17) is 9.05 Å². The van der Waals surface area contributed by atoms with Crippen molar-refractivity contribution >= 4 is 0 Å². The van der Waals surface area contributed by atoms with E-state index in [1.165, 1.54) is 12.1 Å². The molecule has 4 rings (SSSR count). The second-order valence-corrected chi connectivity index (χ2v) is 6.32. The van der Waals surface area contributed by atoms with E-state index in [1.54, 1.807) is 49.4 Å². The van der Waals surface area contributed by atoms with Gasteiger partial charge in [0.2, 0.25) is 5.82 Å². The quantitative estimate of drug-likeness (QED) is 0.510. The molecule has 1 N–H and O–H groups in total. The molecule has 6 nitrogen and oxygen atoms in total. The number of hydrogen-bond acceptors (Lipinski definition) is 6. The largest absolute Gasteiger partial charge is 0.422 e. The second-order valence-electron chi connectivity index (χ2n) is 6.32. The van der Waals surface area contributed by atoms with Gasteiger partial charge in [0.15, 0.2) is 11.5 Å². The zero-order valence-electron chi connectivity index (χ0n) is 15.0. The predicted molar refractivity (Wildman–Crippen MR) is 96.3 cm³/mol. The first kappa shape index (κ1) is 18.9. The lowest BCUT2D eigenvalue weighted by Crippen LogP contribution is -2.07. The number of halogens is 3. The van der Waals surface area contributed by atoms with Crippen LogP contribution in [0.3, 0.4) is 0 Å². The summed E-state index contributed by atoms with van der Waals surface area (Å²) in [6.07, 6.45) is -5.39. The molecular formula is C20H14F3N3O3. The van der Waals surface area contributed by atoms with E-state index in [-0.39, 0.29) is 11.4 Å².